The molecule has 1 amide bonds. The maximum Gasteiger partial charge on any atom is 0.357 e. The smallest absolute Gasteiger partial charge is 0.357 e. The second-order valence-electron chi connectivity index (χ2n) is 5.38. The zero-order chi connectivity index (χ0) is 17.2. The quantitative estimate of drug-likeness (QED) is 0.809. The number of hydrogen-bond donors (Lipinski definition) is 2. The standard InChI is InChI=1S/C15H17N3O5S/c19-15(14-2-1-11-23-14)18-9-7-17(8-10-18)13-5-3-12(4-6-13)16-24(20,21)22/h1-6,11,16H,7-10H2,(H,20,21,22). The molecule has 2 aromatic rings. The number of amides is 1. The largest absolute Gasteiger partial charge is 0.459 e. The van der Waals surface area contributed by atoms with Crippen molar-refractivity contribution >= 4 is 27.6 Å². The summed E-state index contributed by atoms with van der Waals surface area (Å²) in [7, 11) is -4.27. The number of benzene rings is 1. The van der Waals surface area contributed by atoms with Gasteiger partial charge in [0, 0.05) is 31.9 Å². The Morgan fingerprint density at radius 1 is 1.08 bits per heavy atom. The summed E-state index contributed by atoms with van der Waals surface area (Å²) in [6.07, 6.45) is 1.48. The van der Waals surface area contributed by atoms with Crippen LogP contribution in [-0.4, -0.2) is 50.0 Å². The van der Waals surface area contributed by atoms with Gasteiger partial charge >= 0.3 is 10.3 Å². The highest BCUT2D eigenvalue weighted by atomic mass is 32.2. The molecule has 128 valence electrons. The van der Waals surface area contributed by atoms with Crippen LogP contribution in [0.1, 0.15) is 10.6 Å². The number of piperazine rings is 1. The molecule has 3 rings (SSSR count). The Labute approximate surface area is 139 Å². The zero-order valence-corrected chi connectivity index (χ0v) is 13.6. The van der Waals surface area contributed by atoms with Gasteiger partial charge in [-0.1, -0.05) is 0 Å². The van der Waals surface area contributed by atoms with Crippen molar-refractivity contribution in [2.75, 3.05) is 35.8 Å². The molecule has 24 heavy (non-hydrogen) atoms. The first kappa shape index (κ1) is 16.3. The molecule has 1 aliphatic heterocycles. The van der Waals surface area contributed by atoms with Gasteiger partial charge in [0.1, 0.15) is 0 Å². The maximum atomic E-state index is 12.2. The molecule has 2 heterocycles. The molecule has 0 spiro atoms. The van der Waals surface area contributed by atoms with Crippen molar-refractivity contribution in [3.8, 4) is 0 Å². The lowest BCUT2D eigenvalue weighted by Crippen LogP contribution is -2.48. The van der Waals surface area contributed by atoms with Gasteiger partial charge in [0.15, 0.2) is 5.76 Å². The molecule has 1 aromatic heterocycles. The van der Waals surface area contributed by atoms with Gasteiger partial charge in [0.2, 0.25) is 0 Å². The second-order valence-corrected chi connectivity index (χ2v) is 6.53. The third-order valence-corrected chi connectivity index (χ3v) is 4.27. The zero-order valence-electron chi connectivity index (χ0n) is 12.8. The van der Waals surface area contributed by atoms with Gasteiger partial charge in [-0.3, -0.25) is 14.1 Å². The summed E-state index contributed by atoms with van der Waals surface area (Å²) in [5.74, 6) is 0.219. The summed E-state index contributed by atoms with van der Waals surface area (Å²) in [5.41, 5.74) is 1.20. The maximum absolute atomic E-state index is 12.2. The minimum absolute atomic E-state index is 0.118. The lowest BCUT2D eigenvalue weighted by atomic mass is 10.2. The van der Waals surface area contributed by atoms with E-state index in [1.807, 2.05) is 4.72 Å². The third-order valence-electron chi connectivity index (χ3n) is 3.78. The normalized spacial score (nSPS) is 15.4. The van der Waals surface area contributed by atoms with Gasteiger partial charge in [-0.2, -0.15) is 8.42 Å². The van der Waals surface area contributed by atoms with Crippen LogP contribution in [0.25, 0.3) is 0 Å². The molecule has 0 bridgehead atoms. The van der Waals surface area contributed by atoms with Crippen molar-refractivity contribution in [2.24, 2.45) is 0 Å². The van der Waals surface area contributed by atoms with Crippen LogP contribution in [-0.2, 0) is 10.3 Å². The molecule has 0 atom stereocenters. The number of rotatable bonds is 4. The second kappa shape index (κ2) is 6.54. The topological polar surface area (TPSA) is 103 Å². The number of carbonyl (C=O) groups excluding carboxylic acids is 1. The molecular formula is C15H17N3O5S. The number of nitrogens with zero attached hydrogens (tertiary/aromatic N) is 2. The van der Waals surface area contributed by atoms with E-state index in [4.69, 9.17) is 8.97 Å². The van der Waals surface area contributed by atoms with Crippen molar-refractivity contribution in [3.63, 3.8) is 0 Å². The van der Waals surface area contributed by atoms with Crippen LogP contribution < -0.4 is 9.62 Å². The Hall–Kier alpha value is -2.52. The highest BCUT2D eigenvalue weighted by Gasteiger charge is 2.23. The summed E-state index contributed by atoms with van der Waals surface area (Å²) in [5, 5.41) is 0. The molecule has 0 unspecified atom stereocenters. The predicted molar refractivity (Wildman–Crippen MR) is 88.4 cm³/mol. The molecule has 9 heteroatoms. The van der Waals surface area contributed by atoms with Gasteiger partial charge < -0.3 is 14.2 Å². The van der Waals surface area contributed by atoms with E-state index in [0.29, 0.717) is 31.9 Å². The number of hydrogen-bond acceptors (Lipinski definition) is 5. The van der Waals surface area contributed by atoms with E-state index in [-0.39, 0.29) is 11.6 Å². The van der Waals surface area contributed by atoms with Crippen LogP contribution in [0.3, 0.4) is 0 Å². The van der Waals surface area contributed by atoms with Gasteiger partial charge in [-0.15, -0.1) is 0 Å². The van der Waals surface area contributed by atoms with Crippen LogP contribution in [0.5, 0.6) is 0 Å². The lowest BCUT2D eigenvalue weighted by molar-refractivity contribution is 0.0714. The van der Waals surface area contributed by atoms with Crippen LogP contribution >= 0.6 is 0 Å². The van der Waals surface area contributed by atoms with Crippen LogP contribution in [0, 0.1) is 0 Å². The molecule has 1 saturated heterocycles. The highest BCUT2D eigenvalue weighted by molar-refractivity contribution is 7.87. The summed E-state index contributed by atoms with van der Waals surface area (Å²) in [6, 6.07) is 10.0. The summed E-state index contributed by atoms with van der Waals surface area (Å²) in [4.78, 5) is 16.0. The van der Waals surface area contributed by atoms with Crippen molar-refractivity contribution < 1.29 is 22.2 Å². The minimum atomic E-state index is -4.27. The summed E-state index contributed by atoms with van der Waals surface area (Å²) in [6.45, 7) is 2.48. The first-order chi connectivity index (χ1) is 11.4. The van der Waals surface area contributed by atoms with E-state index < -0.39 is 10.3 Å². The fraction of sp³-hybridized carbons (Fsp3) is 0.267. The Kier molecular flexibility index (Phi) is 4.45. The monoisotopic (exact) mass is 351 g/mol. The van der Waals surface area contributed by atoms with Crippen LogP contribution in [0.15, 0.2) is 47.1 Å². The predicted octanol–water partition coefficient (Wildman–Crippen LogP) is 1.46. The van der Waals surface area contributed by atoms with E-state index in [9.17, 15) is 13.2 Å². The van der Waals surface area contributed by atoms with E-state index in [0.717, 1.165) is 5.69 Å². The fourth-order valence-electron chi connectivity index (χ4n) is 2.61. The number of furan rings is 1. The van der Waals surface area contributed by atoms with Crippen LogP contribution in [0.2, 0.25) is 0 Å². The molecule has 0 aliphatic carbocycles. The van der Waals surface area contributed by atoms with E-state index >= 15 is 0 Å². The average Bonchev–Trinajstić information content (AvgIpc) is 3.08. The first-order valence-electron chi connectivity index (χ1n) is 7.35. The Morgan fingerprint density at radius 3 is 2.29 bits per heavy atom. The number of carbonyl (C=O) groups is 1. The number of nitrogens with one attached hydrogen (secondary N) is 1. The van der Waals surface area contributed by atoms with Crippen molar-refractivity contribution in [1.29, 1.82) is 0 Å². The molecule has 0 radical (unpaired) electrons. The lowest BCUT2D eigenvalue weighted by Gasteiger charge is -2.35. The van der Waals surface area contributed by atoms with Gasteiger partial charge in [0.05, 0.1) is 12.0 Å². The minimum Gasteiger partial charge on any atom is -0.459 e. The van der Waals surface area contributed by atoms with Gasteiger partial charge in [0.25, 0.3) is 5.91 Å². The Bertz CT molecular complexity index is 794. The molecule has 1 aliphatic rings. The highest BCUT2D eigenvalue weighted by Crippen LogP contribution is 2.20. The summed E-state index contributed by atoms with van der Waals surface area (Å²) < 4.78 is 37.4. The van der Waals surface area contributed by atoms with Crippen LogP contribution in [0.4, 0.5) is 11.4 Å². The molecular weight excluding hydrogens is 334 g/mol. The van der Waals surface area contributed by atoms with Gasteiger partial charge in [-0.05, 0) is 36.4 Å². The summed E-state index contributed by atoms with van der Waals surface area (Å²) >= 11 is 0. The first-order valence-corrected chi connectivity index (χ1v) is 8.79. The van der Waals surface area contributed by atoms with Crippen molar-refractivity contribution in [3.05, 3.63) is 48.4 Å². The molecule has 1 aromatic carbocycles. The molecule has 8 nitrogen and oxygen atoms in total. The van der Waals surface area contributed by atoms with E-state index in [2.05, 4.69) is 4.90 Å². The van der Waals surface area contributed by atoms with Crippen molar-refractivity contribution in [1.82, 2.24) is 4.90 Å². The van der Waals surface area contributed by atoms with Crippen molar-refractivity contribution in [2.45, 2.75) is 0 Å². The SMILES string of the molecule is O=C(c1ccco1)N1CCN(c2ccc(NS(=O)(=O)O)cc2)CC1. The molecule has 1 fully saturated rings. The van der Waals surface area contributed by atoms with E-state index in [1.54, 1.807) is 41.3 Å². The molecule has 2 N–H and O–H groups in total. The van der Waals surface area contributed by atoms with Gasteiger partial charge in [-0.25, -0.2) is 0 Å². The third kappa shape index (κ3) is 3.87. The molecule has 0 saturated carbocycles. The Morgan fingerprint density at radius 2 is 1.75 bits per heavy atom. The van der Waals surface area contributed by atoms with E-state index in [1.165, 1.54) is 6.26 Å². The number of anilines is 2. The average molecular weight is 351 g/mol. The Balaban J connectivity index is 1.59. The fourth-order valence-corrected chi connectivity index (χ4v) is 3.05.